The average Bonchev–Trinajstić information content (AvgIpc) is 2.18. The highest BCUT2D eigenvalue weighted by molar-refractivity contribution is 5.10. The molecule has 1 N–H and O–H groups in total. The summed E-state index contributed by atoms with van der Waals surface area (Å²) in [6.07, 6.45) is 1.82. The molecule has 0 saturated carbocycles. The van der Waals surface area contributed by atoms with Crippen LogP contribution in [0, 0.1) is 0 Å². The van der Waals surface area contributed by atoms with E-state index in [0.29, 0.717) is 6.61 Å². The van der Waals surface area contributed by atoms with E-state index in [1.807, 2.05) is 24.4 Å². The van der Waals surface area contributed by atoms with Gasteiger partial charge in [0.2, 0.25) is 0 Å². The van der Waals surface area contributed by atoms with Crippen molar-refractivity contribution in [1.29, 1.82) is 0 Å². The molecule has 1 aromatic rings. The van der Waals surface area contributed by atoms with Gasteiger partial charge in [-0.3, -0.25) is 10.3 Å². The fourth-order valence-electron chi connectivity index (χ4n) is 1.73. The lowest BCUT2D eigenvalue weighted by Gasteiger charge is -2.36. The van der Waals surface area contributed by atoms with Crippen molar-refractivity contribution < 1.29 is 4.74 Å². The highest BCUT2D eigenvalue weighted by atomic mass is 16.5. The lowest BCUT2D eigenvalue weighted by molar-refractivity contribution is 0.0116. The normalized spacial score (nSPS) is 26.0. The van der Waals surface area contributed by atoms with Gasteiger partial charge < -0.3 is 4.74 Å². The molecule has 1 aliphatic rings. The molecule has 0 aromatic carbocycles. The minimum atomic E-state index is 0.0421. The second-order valence-electron chi connectivity index (χ2n) is 4.35. The van der Waals surface area contributed by atoms with Crippen molar-refractivity contribution in [3.63, 3.8) is 0 Å². The standard InChI is InChI=1S/C11H16N2O/c1-11(2)8-14-7-10(13-11)9-5-3-4-6-12-9/h3-6,10,13H,7-8H2,1-2H3. The van der Waals surface area contributed by atoms with E-state index in [1.165, 1.54) is 0 Å². The van der Waals surface area contributed by atoms with E-state index in [2.05, 4.69) is 24.1 Å². The zero-order valence-corrected chi connectivity index (χ0v) is 8.66. The molecule has 1 atom stereocenters. The fourth-order valence-corrected chi connectivity index (χ4v) is 1.73. The summed E-state index contributed by atoms with van der Waals surface area (Å²) in [6.45, 7) is 5.75. The van der Waals surface area contributed by atoms with E-state index in [0.717, 1.165) is 12.3 Å². The number of ether oxygens (including phenoxy) is 1. The maximum atomic E-state index is 5.55. The monoisotopic (exact) mass is 192 g/mol. The van der Waals surface area contributed by atoms with Gasteiger partial charge in [0.15, 0.2) is 0 Å². The number of rotatable bonds is 1. The molecule has 1 saturated heterocycles. The molecule has 2 heterocycles. The lowest BCUT2D eigenvalue weighted by Crippen LogP contribution is -2.51. The first kappa shape index (κ1) is 9.62. The van der Waals surface area contributed by atoms with Crippen molar-refractivity contribution >= 4 is 0 Å². The van der Waals surface area contributed by atoms with Crippen LogP contribution in [-0.2, 0) is 4.74 Å². The van der Waals surface area contributed by atoms with Gasteiger partial charge >= 0.3 is 0 Å². The van der Waals surface area contributed by atoms with Crippen LogP contribution in [0.1, 0.15) is 25.6 Å². The van der Waals surface area contributed by atoms with Crippen molar-refractivity contribution in [3.05, 3.63) is 30.1 Å². The summed E-state index contributed by atoms with van der Waals surface area (Å²) in [5.41, 5.74) is 1.10. The molecule has 1 fully saturated rings. The third-order valence-electron chi connectivity index (χ3n) is 2.36. The van der Waals surface area contributed by atoms with E-state index >= 15 is 0 Å². The van der Waals surface area contributed by atoms with E-state index in [9.17, 15) is 0 Å². The predicted octanol–water partition coefficient (Wildman–Crippen LogP) is 1.52. The summed E-state index contributed by atoms with van der Waals surface area (Å²) < 4.78 is 5.55. The van der Waals surface area contributed by atoms with Crippen LogP contribution in [0.3, 0.4) is 0 Å². The summed E-state index contributed by atoms with van der Waals surface area (Å²) >= 11 is 0. The molecule has 1 aliphatic heterocycles. The molecular formula is C11H16N2O. The van der Waals surface area contributed by atoms with Gasteiger partial charge in [-0.05, 0) is 26.0 Å². The van der Waals surface area contributed by atoms with Crippen molar-refractivity contribution in [3.8, 4) is 0 Å². The zero-order valence-electron chi connectivity index (χ0n) is 8.66. The SMILES string of the molecule is CC1(C)COCC(c2ccccn2)N1. The van der Waals surface area contributed by atoms with Crippen LogP contribution in [0.5, 0.6) is 0 Å². The molecule has 1 unspecified atom stereocenters. The molecule has 1 aromatic heterocycles. The van der Waals surface area contributed by atoms with Gasteiger partial charge in [-0.25, -0.2) is 0 Å². The number of morpholine rings is 1. The second-order valence-corrected chi connectivity index (χ2v) is 4.35. The smallest absolute Gasteiger partial charge is 0.0737 e. The Morgan fingerprint density at radius 2 is 2.36 bits per heavy atom. The number of hydrogen-bond acceptors (Lipinski definition) is 3. The Hall–Kier alpha value is -0.930. The summed E-state index contributed by atoms with van der Waals surface area (Å²) in [6, 6.07) is 6.19. The highest BCUT2D eigenvalue weighted by Gasteiger charge is 2.28. The number of hydrogen-bond donors (Lipinski definition) is 1. The zero-order chi connectivity index (χ0) is 10.0. The number of pyridine rings is 1. The highest BCUT2D eigenvalue weighted by Crippen LogP contribution is 2.20. The van der Waals surface area contributed by atoms with Gasteiger partial charge in [0.1, 0.15) is 0 Å². The molecule has 14 heavy (non-hydrogen) atoms. The van der Waals surface area contributed by atoms with Crippen LogP contribution in [0.15, 0.2) is 24.4 Å². The molecule has 3 heteroatoms. The Labute approximate surface area is 84.5 Å². The first-order chi connectivity index (χ1) is 6.67. The Balaban J connectivity index is 2.12. The van der Waals surface area contributed by atoms with Crippen molar-refractivity contribution in [1.82, 2.24) is 10.3 Å². The topological polar surface area (TPSA) is 34.1 Å². The van der Waals surface area contributed by atoms with Gasteiger partial charge in [0.25, 0.3) is 0 Å². The van der Waals surface area contributed by atoms with Crippen molar-refractivity contribution in [2.75, 3.05) is 13.2 Å². The number of aromatic nitrogens is 1. The third-order valence-corrected chi connectivity index (χ3v) is 2.36. The van der Waals surface area contributed by atoms with Crippen LogP contribution in [0.4, 0.5) is 0 Å². The van der Waals surface area contributed by atoms with E-state index in [-0.39, 0.29) is 11.6 Å². The molecule has 0 radical (unpaired) electrons. The number of nitrogens with one attached hydrogen (secondary N) is 1. The van der Waals surface area contributed by atoms with E-state index in [1.54, 1.807) is 0 Å². The first-order valence-electron chi connectivity index (χ1n) is 4.94. The Morgan fingerprint density at radius 3 is 3.00 bits per heavy atom. The van der Waals surface area contributed by atoms with Gasteiger partial charge in [-0.1, -0.05) is 6.07 Å². The molecule has 0 bridgehead atoms. The molecule has 0 amide bonds. The Kier molecular flexibility index (Phi) is 2.52. The van der Waals surface area contributed by atoms with Gasteiger partial charge in [-0.2, -0.15) is 0 Å². The predicted molar refractivity (Wildman–Crippen MR) is 55.0 cm³/mol. The fraction of sp³-hybridized carbons (Fsp3) is 0.545. The largest absolute Gasteiger partial charge is 0.378 e. The van der Waals surface area contributed by atoms with Gasteiger partial charge in [0.05, 0.1) is 24.9 Å². The number of nitrogens with zero attached hydrogens (tertiary/aromatic N) is 1. The summed E-state index contributed by atoms with van der Waals surface area (Å²) in [7, 11) is 0. The second kappa shape index (κ2) is 3.67. The molecule has 0 aliphatic carbocycles. The Morgan fingerprint density at radius 1 is 1.50 bits per heavy atom. The molecule has 3 nitrogen and oxygen atoms in total. The minimum Gasteiger partial charge on any atom is -0.378 e. The average molecular weight is 192 g/mol. The molecule has 0 spiro atoms. The summed E-state index contributed by atoms with van der Waals surface area (Å²) in [4.78, 5) is 4.33. The lowest BCUT2D eigenvalue weighted by atomic mass is 10.0. The maximum absolute atomic E-state index is 5.55. The molecule has 2 rings (SSSR count). The summed E-state index contributed by atoms with van der Waals surface area (Å²) in [5, 5.41) is 3.52. The van der Waals surface area contributed by atoms with Gasteiger partial charge in [0, 0.05) is 11.7 Å². The van der Waals surface area contributed by atoms with Crippen LogP contribution in [0.2, 0.25) is 0 Å². The minimum absolute atomic E-state index is 0.0421. The first-order valence-corrected chi connectivity index (χ1v) is 4.94. The maximum Gasteiger partial charge on any atom is 0.0737 e. The summed E-state index contributed by atoms with van der Waals surface area (Å²) in [5.74, 6) is 0. The quantitative estimate of drug-likeness (QED) is 0.732. The van der Waals surface area contributed by atoms with Crippen LogP contribution in [0.25, 0.3) is 0 Å². The van der Waals surface area contributed by atoms with Crippen molar-refractivity contribution in [2.24, 2.45) is 0 Å². The third kappa shape index (κ3) is 2.11. The van der Waals surface area contributed by atoms with E-state index < -0.39 is 0 Å². The molecule has 76 valence electrons. The van der Waals surface area contributed by atoms with Gasteiger partial charge in [-0.15, -0.1) is 0 Å². The molecular weight excluding hydrogens is 176 g/mol. The van der Waals surface area contributed by atoms with Crippen LogP contribution in [-0.4, -0.2) is 23.7 Å². The van der Waals surface area contributed by atoms with E-state index in [4.69, 9.17) is 4.74 Å². The van der Waals surface area contributed by atoms with Crippen molar-refractivity contribution in [2.45, 2.75) is 25.4 Å². The Bertz CT molecular complexity index is 297. The van der Waals surface area contributed by atoms with Crippen LogP contribution >= 0.6 is 0 Å². The van der Waals surface area contributed by atoms with Crippen LogP contribution < -0.4 is 5.32 Å².